The molecule has 1 amide bonds. The fourth-order valence-corrected chi connectivity index (χ4v) is 3.37. The second-order valence-corrected chi connectivity index (χ2v) is 6.95. The van der Waals surface area contributed by atoms with Crippen molar-refractivity contribution in [2.45, 2.75) is 19.4 Å². The highest BCUT2D eigenvalue weighted by atomic mass is 35.5. The zero-order valence-corrected chi connectivity index (χ0v) is 18.7. The molecule has 160 valence electrons. The van der Waals surface area contributed by atoms with Gasteiger partial charge in [0.1, 0.15) is 0 Å². The number of amides is 1. The van der Waals surface area contributed by atoms with Gasteiger partial charge < -0.3 is 15.4 Å². The Kier molecular flexibility index (Phi) is 11.1. The smallest absolute Gasteiger partial charge is 0.251 e. The van der Waals surface area contributed by atoms with Crippen molar-refractivity contribution in [3.8, 4) is 11.1 Å². The molecule has 1 unspecified atom stereocenters. The molecule has 29 heavy (non-hydrogen) atoms. The first-order valence-corrected chi connectivity index (χ1v) is 9.65. The molecule has 1 aliphatic heterocycles. The third-order valence-electron chi connectivity index (χ3n) is 5.15. The van der Waals surface area contributed by atoms with Crippen LogP contribution in [-0.4, -0.2) is 56.7 Å². The Morgan fingerprint density at radius 1 is 1.07 bits per heavy atom. The van der Waals surface area contributed by atoms with Crippen LogP contribution in [0.25, 0.3) is 11.1 Å². The summed E-state index contributed by atoms with van der Waals surface area (Å²) in [6.07, 6.45) is 0.941. The number of hydrogen-bond donors (Lipinski definition) is 2. The number of carbonyl (C=O) groups is 1. The highest BCUT2D eigenvalue weighted by molar-refractivity contribution is 5.95. The molecule has 3 rings (SSSR count). The lowest BCUT2D eigenvalue weighted by atomic mass is 10.0. The van der Waals surface area contributed by atoms with Gasteiger partial charge in [-0.1, -0.05) is 24.3 Å². The molecule has 0 saturated carbocycles. The van der Waals surface area contributed by atoms with Crippen molar-refractivity contribution in [2.75, 3.05) is 45.2 Å². The second-order valence-electron chi connectivity index (χ2n) is 6.95. The van der Waals surface area contributed by atoms with E-state index in [2.05, 4.69) is 34.6 Å². The number of nitrogens with one attached hydrogen (secondary N) is 2. The largest absolute Gasteiger partial charge is 0.388 e. The molecule has 0 bridgehead atoms. The lowest BCUT2D eigenvalue weighted by Gasteiger charge is -2.32. The lowest BCUT2D eigenvalue weighted by molar-refractivity contribution is 0.0187. The van der Waals surface area contributed by atoms with E-state index in [1.807, 2.05) is 43.4 Å². The third kappa shape index (κ3) is 7.19. The number of hydrogen-bond acceptors (Lipinski definition) is 4. The summed E-state index contributed by atoms with van der Waals surface area (Å²) in [5.74, 6) is -0.0159. The van der Waals surface area contributed by atoms with Crippen molar-refractivity contribution >= 4 is 36.4 Å². The molecule has 1 atom stereocenters. The van der Waals surface area contributed by atoms with E-state index < -0.39 is 0 Å². The number of benzene rings is 2. The van der Waals surface area contributed by atoms with Gasteiger partial charge in [0.25, 0.3) is 5.91 Å². The number of ether oxygens (including phenoxy) is 1. The van der Waals surface area contributed by atoms with Crippen molar-refractivity contribution < 1.29 is 9.53 Å². The summed E-state index contributed by atoms with van der Waals surface area (Å²) in [5.41, 5.74) is 3.92. The molecule has 0 radical (unpaired) electrons. The molecule has 1 fully saturated rings. The molecule has 2 aromatic rings. The van der Waals surface area contributed by atoms with Gasteiger partial charge in [0, 0.05) is 44.0 Å². The Labute approximate surface area is 186 Å². The minimum Gasteiger partial charge on any atom is -0.388 e. The maximum absolute atomic E-state index is 12.5. The summed E-state index contributed by atoms with van der Waals surface area (Å²) in [5, 5.41) is 6.18. The predicted molar refractivity (Wildman–Crippen MR) is 125 cm³/mol. The molecule has 5 nitrogen and oxygen atoms in total. The molecule has 2 aromatic carbocycles. The van der Waals surface area contributed by atoms with Crippen LogP contribution in [-0.2, 0) is 4.74 Å². The minimum absolute atomic E-state index is 0. The molecular weight excluding hydrogens is 409 g/mol. The van der Waals surface area contributed by atoms with Gasteiger partial charge in [-0.3, -0.25) is 9.69 Å². The Morgan fingerprint density at radius 2 is 1.76 bits per heavy atom. The molecule has 2 N–H and O–H groups in total. The Hall–Kier alpha value is -1.79. The van der Waals surface area contributed by atoms with Crippen molar-refractivity contribution in [1.29, 1.82) is 0 Å². The molecule has 0 spiro atoms. The maximum atomic E-state index is 12.5. The topological polar surface area (TPSA) is 53.6 Å². The maximum Gasteiger partial charge on any atom is 0.251 e. The van der Waals surface area contributed by atoms with Crippen LogP contribution in [0.1, 0.15) is 23.7 Å². The van der Waals surface area contributed by atoms with Gasteiger partial charge >= 0.3 is 0 Å². The van der Waals surface area contributed by atoms with Crippen molar-refractivity contribution in [3.05, 3.63) is 54.1 Å². The SMILES string of the molecule is CNc1ccc(-c2cccc(C(=O)NCCC(C)N3CCOCC3)c2)cc1.Cl.Cl. The molecule has 7 heteroatoms. The van der Waals surface area contributed by atoms with Crippen LogP contribution >= 0.6 is 24.8 Å². The van der Waals surface area contributed by atoms with E-state index >= 15 is 0 Å². The van der Waals surface area contributed by atoms with E-state index in [4.69, 9.17) is 4.74 Å². The van der Waals surface area contributed by atoms with Gasteiger partial charge in [-0.15, -0.1) is 24.8 Å². The highest BCUT2D eigenvalue weighted by Crippen LogP contribution is 2.22. The van der Waals surface area contributed by atoms with Gasteiger partial charge in [-0.05, 0) is 48.7 Å². The van der Waals surface area contributed by atoms with Crippen molar-refractivity contribution in [3.63, 3.8) is 0 Å². The molecule has 0 aromatic heterocycles. The molecular formula is C22H31Cl2N3O2. The van der Waals surface area contributed by atoms with Gasteiger partial charge in [0.2, 0.25) is 0 Å². The Bertz CT molecular complexity index is 750. The van der Waals surface area contributed by atoms with Gasteiger partial charge in [-0.2, -0.15) is 0 Å². The number of morpholine rings is 1. The Morgan fingerprint density at radius 3 is 2.41 bits per heavy atom. The average Bonchev–Trinajstić information content (AvgIpc) is 2.74. The summed E-state index contributed by atoms with van der Waals surface area (Å²) in [6.45, 7) is 6.45. The van der Waals surface area contributed by atoms with Gasteiger partial charge in [0.05, 0.1) is 13.2 Å². The zero-order valence-electron chi connectivity index (χ0n) is 17.0. The summed E-state index contributed by atoms with van der Waals surface area (Å²) >= 11 is 0. The zero-order chi connectivity index (χ0) is 19.1. The first-order valence-electron chi connectivity index (χ1n) is 9.65. The monoisotopic (exact) mass is 439 g/mol. The van der Waals surface area contributed by atoms with Crippen LogP contribution in [0.3, 0.4) is 0 Å². The second kappa shape index (κ2) is 12.7. The summed E-state index contributed by atoms with van der Waals surface area (Å²) in [6, 6.07) is 16.4. The van der Waals surface area contributed by atoms with Crippen molar-refractivity contribution in [2.24, 2.45) is 0 Å². The predicted octanol–water partition coefficient (Wildman–Crippen LogP) is 4.08. The van der Waals surface area contributed by atoms with E-state index in [0.717, 1.165) is 49.5 Å². The summed E-state index contributed by atoms with van der Waals surface area (Å²) < 4.78 is 5.40. The number of rotatable bonds is 7. The normalized spacial score (nSPS) is 14.8. The van der Waals surface area contributed by atoms with Crippen LogP contribution < -0.4 is 10.6 Å². The van der Waals surface area contributed by atoms with E-state index in [1.165, 1.54) is 0 Å². The molecule has 1 aliphatic rings. The third-order valence-corrected chi connectivity index (χ3v) is 5.15. The fraction of sp³-hybridized carbons (Fsp3) is 0.409. The molecule has 1 saturated heterocycles. The number of carbonyl (C=O) groups excluding carboxylic acids is 1. The van der Waals surface area contributed by atoms with Gasteiger partial charge in [-0.25, -0.2) is 0 Å². The molecule has 0 aliphatic carbocycles. The first kappa shape index (κ1) is 25.2. The van der Waals surface area contributed by atoms with E-state index in [1.54, 1.807) is 0 Å². The first-order chi connectivity index (χ1) is 13.2. The van der Waals surface area contributed by atoms with Crippen LogP contribution in [0.5, 0.6) is 0 Å². The molecule has 1 heterocycles. The summed E-state index contributed by atoms with van der Waals surface area (Å²) in [7, 11) is 1.90. The van der Waals surface area contributed by atoms with E-state index in [-0.39, 0.29) is 30.7 Å². The standard InChI is InChI=1S/C22H29N3O2.2ClH/c1-17(25-12-14-27-15-13-25)10-11-24-22(26)20-5-3-4-19(16-20)18-6-8-21(23-2)9-7-18;;/h3-9,16-17,23H,10-15H2,1-2H3,(H,24,26);2*1H. The van der Waals surface area contributed by atoms with Crippen molar-refractivity contribution in [1.82, 2.24) is 10.2 Å². The number of halogens is 2. The van der Waals surface area contributed by atoms with E-state index in [9.17, 15) is 4.79 Å². The number of anilines is 1. The number of nitrogens with zero attached hydrogens (tertiary/aromatic N) is 1. The van der Waals surface area contributed by atoms with E-state index in [0.29, 0.717) is 18.2 Å². The van der Waals surface area contributed by atoms with Gasteiger partial charge in [0.15, 0.2) is 0 Å². The van der Waals surface area contributed by atoms with Crippen LogP contribution in [0.15, 0.2) is 48.5 Å². The summed E-state index contributed by atoms with van der Waals surface area (Å²) in [4.78, 5) is 15.0. The average molecular weight is 440 g/mol. The Balaban J connectivity index is 0.00000210. The fourth-order valence-electron chi connectivity index (χ4n) is 3.37. The highest BCUT2D eigenvalue weighted by Gasteiger charge is 2.17. The quantitative estimate of drug-likeness (QED) is 0.682. The van der Waals surface area contributed by atoms with Crippen LogP contribution in [0, 0.1) is 0 Å². The van der Waals surface area contributed by atoms with Crippen LogP contribution in [0.2, 0.25) is 0 Å². The lowest BCUT2D eigenvalue weighted by Crippen LogP contribution is -2.43. The van der Waals surface area contributed by atoms with Crippen LogP contribution in [0.4, 0.5) is 5.69 Å². The minimum atomic E-state index is -0.0159.